The topological polar surface area (TPSA) is 24.1 Å². The van der Waals surface area contributed by atoms with Crippen molar-refractivity contribution in [2.75, 3.05) is 26.7 Å². The molecule has 0 spiro atoms. The molecule has 0 aliphatic rings. The molecule has 0 aromatic rings. The molecule has 0 amide bonds. The van der Waals surface area contributed by atoms with E-state index in [4.69, 9.17) is 0 Å². The van der Waals surface area contributed by atoms with Crippen LogP contribution in [0.2, 0.25) is 0 Å². The third-order valence-corrected chi connectivity index (χ3v) is 1.75. The molecule has 2 nitrogen and oxygen atoms in total. The molecule has 1 unspecified atom stereocenters. The van der Waals surface area contributed by atoms with Crippen molar-refractivity contribution in [2.45, 2.75) is 26.7 Å². The van der Waals surface area contributed by atoms with E-state index >= 15 is 0 Å². The first-order chi connectivity index (χ1) is 5.31. The van der Waals surface area contributed by atoms with Gasteiger partial charge in [-0.2, -0.15) is 0 Å². The highest BCUT2D eigenvalue weighted by atomic mass is 14.9. The van der Waals surface area contributed by atoms with E-state index < -0.39 is 0 Å². The smallest absolute Gasteiger partial charge is 0.00110 e. The first kappa shape index (κ1) is 10.9. The third-order valence-electron chi connectivity index (χ3n) is 1.75. The maximum Gasteiger partial charge on any atom is -0.00110 e. The van der Waals surface area contributed by atoms with Gasteiger partial charge in [0.15, 0.2) is 0 Å². The van der Waals surface area contributed by atoms with Crippen LogP contribution in [-0.2, 0) is 0 Å². The second-order valence-corrected chi connectivity index (χ2v) is 3.22. The molecule has 68 valence electrons. The number of rotatable bonds is 7. The van der Waals surface area contributed by atoms with Crippen molar-refractivity contribution in [3.8, 4) is 0 Å². The van der Waals surface area contributed by atoms with E-state index in [9.17, 15) is 0 Å². The molecule has 0 heterocycles. The summed E-state index contributed by atoms with van der Waals surface area (Å²) in [5.74, 6) is 0.747. The Kier molecular flexibility index (Phi) is 7.96. The normalized spacial score (nSPS) is 13.4. The van der Waals surface area contributed by atoms with Crippen molar-refractivity contribution in [3.05, 3.63) is 0 Å². The molecule has 1 atom stereocenters. The van der Waals surface area contributed by atoms with Gasteiger partial charge in [0.2, 0.25) is 0 Å². The predicted octanol–water partition coefficient (Wildman–Crippen LogP) is 1.23. The molecule has 0 aliphatic carbocycles. The molecular weight excluding hydrogens is 136 g/mol. The summed E-state index contributed by atoms with van der Waals surface area (Å²) in [6, 6.07) is 0. The van der Waals surface area contributed by atoms with Crippen LogP contribution in [0.4, 0.5) is 0 Å². The van der Waals surface area contributed by atoms with Crippen LogP contribution in [0.1, 0.15) is 26.7 Å². The lowest BCUT2D eigenvalue weighted by atomic mass is 10.2. The van der Waals surface area contributed by atoms with Gasteiger partial charge in [0.05, 0.1) is 0 Å². The Bertz CT molecular complexity index is 74.0. The zero-order chi connectivity index (χ0) is 8.53. The maximum atomic E-state index is 3.43. The van der Waals surface area contributed by atoms with Gasteiger partial charge in [-0.05, 0) is 39.0 Å². The van der Waals surface area contributed by atoms with Gasteiger partial charge in [-0.3, -0.25) is 0 Å². The van der Waals surface area contributed by atoms with Gasteiger partial charge < -0.3 is 10.6 Å². The second kappa shape index (κ2) is 8.02. The lowest BCUT2D eigenvalue weighted by molar-refractivity contribution is 0.487. The molecule has 0 aliphatic heterocycles. The molecule has 0 aromatic carbocycles. The Balaban J connectivity index is 2.97. The highest BCUT2D eigenvalue weighted by Gasteiger charge is 1.97. The fourth-order valence-corrected chi connectivity index (χ4v) is 1.07. The molecule has 11 heavy (non-hydrogen) atoms. The van der Waals surface area contributed by atoms with Crippen molar-refractivity contribution < 1.29 is 0 Å². The van der Waals surface area contributed by atoms with Crippen LogP contribution in [-0.4, -0.2) is 26.7 Å². The van der Waals surface area contributed by atoms with Crippen LogP contribution in [0, 0.1) is 5.92 Å². The monoisotopic (exact) mass is 158 g/mol. The number of hydrogen-bond acceptors (Lipinski definition) is 2. The fraction of sp³-hybridized carbons (Fsp3) is 1.00. The minimum absolute atomic E-state index is 0.747. The van der Waals surface area contributed by atoms with Crippen LogP contribution in [0.15, 0.2) is 0 Å². The van der Waals surface area contributed by atoms with Gasteiger partial charge in [-0.1, -0.05) is 20.3 Å². The first-order valence-corrected chi connectivity index (χ1v) is 4.66. The van der Waals surface area contributed by atoms with Gasteiger partial charge >= 0.3 is 0 Å². The highest BCUT2D eigenvalue weighted by Crippen LogP contribution is 1.89. The summed E-state index contributed by atoms with van der Waals surface area (Å²) in [5.41, 5.74) is 0. The summed E-state index contributed by atoms with van der Waals surface area (Å²) >= 11 is 0. The lowest BCUT2D eigenvalue weighted by Crippen LogP contribution is -2.28. The largest absolute Gasteiger partial charge is 0.319 e. The summed E-state index contributed by atoms with van der Waals surface area (Å²) in [6.07, 6.45) is 2.58. The molecule has 0 aromatic heterocycles. The Labute approximate surface area is 70.8 Å². The number of unbranched alkanes of at least 4 members (excludes halogenated alkanes) is 1. The van der Waals surface area contributed by atoms with Crippen molar-refractivity contribution >= 4 is 0 Å². The van der Waals surface area contributed by atoms with Crippen molar-refractivity contribution in [3.63, 3.8) is 0 Å². The van der Waals surface area contributed by atoms with Gasteiger partial charge in [-0.25, -0.2) is 0 Å². The quantitative estimate of drug-likeness (QED) is 0.545. The van der Waals surface area contributed by atoms with Crippen LogP contribution < -0.4 is 10.6 Å². The van der Waals surface area contributed by atoms with Crippen LogP contribution in [0.5, 0.6) is 0 Å². The van der Waals surface area contributed by atoms with Gasteiger partial charge in [-0.15, -0.1) is 0 Å². The van der Waals surface area contributed by atoms with E-state index in [1.807, 2.05) is 7.05 Å². The number of nitrogens with one attached hydrogen (secondary N) is 2. The minimum atomic E-state index is 0.747. The van der Waals surface area contributed by atoms with Crippen LogP contribution in [0.25, 0.3) is 0 Å². The van der Waals surface area contributed by atoms with E-state index in [1.54, 1.807) is 0 Å². The molecule has 0 saturated heterocycles. The Morgan fingerprint density at radius 3 is 2.55 bits per heavy atom. The Hall–Kier alpha value is -0.0800. The lowest BCUT2D eigenvalue weighted by Gasteiger charge is -2.10. The van der Waals surface area contributed by atoms with E-state index in [0.717, 1.165) is 19.0 Å². The SMILES string of the molecule is CCCCNCC(C)CNC. The van der Waals surface area contributed by atoms with Crippen molar-refractivity contribution in [1.82, 2.24) is 10.6 Å². The fourth-order valence-electron chi connectivity index (χ4n) is 1.07. The minimum Gasteiger partial charge on any atom is -0.319 e. The van der Waals surface area contributed by atoms with Crippen LogP contribution >= 0.6 is 0 Å². The zero-order valence-electron chi connectivity index (χ0n) is 8.11. The van der Waals surface area contributed by atoms with Crippen molar-refractivity contribution in [1.29, 1.82) is 0 Å². The average Bonchev–Trinajstić information content (AvgIpc) is 1.99. The standard InChI is InChI=1S/C9H22N2/c1-4-5-6-11-8-9(2)7-10-3/h9-11H,4-8H2,1-3H3. The maximum absolute atomic E-state index is 3.43. The summed E-state index contributed by atoms with van der Waals surface area (Å²) in [4.78, 5) is 0. The summed E-state index contributed by atoms with van der Waals surface area (Å²) in [6.45, 7) is 7.90. The summed E-state index contributed by atoms with van der Waals surface area (Å²) in [5, 5.41) is 6.60. The van der Waals surface area contributed by atoms with Crippen LogP contribution in [0.3, 0.4) is 0 Å². The zero-order valence-corrected chi connectivity index (χ0v) is 8.11. The van der Waals surface area contributed by atoms with Gasteiger partial charge in [0.1, 0.15) is 0 Å². The predicted molar refractivity (Wildman–Crippen MR) is 50.9 cm³/mol. The second-order valence-electron chi connectivity index (χ2n) is 3.22. The van der Waals surface area contributed by atoms with E-state index in [0.29, 0.717) is 0 Å². The molecule has 2 N–H and O–H groups in total. The molecular formula is C9H22N2. The molecule has 0 bridgehead atoms. The molecule has 0 rings (SSSR count). The van der Waals surface area contributed by atoms with Gasteiger partial charge in [0.25, 0.3) is 0 Å². The van der Waals surface area contributed by atoms with Gasteiger partial charge in [0, 0.05) is 0 Å². The molecule has 0 fully saturated rings. The molecule has 0 saturated carbocycles. The highest BCUT2D eigenvalue weighted by molar-refractivity contribution is 4.58. The Morgan fingerprint density at radius 2 is 2.00 bits per heavy atom. The van der Waals surface area contributed by atoms with E-state index in [2.05, 4.69) is 24.5 Å². The summed E-state index contributed by atoms with van der Waals surface area (Å²) < 4.78 is 0. The third kappa shape index (κ3) is 7.82. The number of hydrogen-bond donors (Lipinski definition) is 2. The first-order valence-electron chi connectivity index (χ1n) is 4.66. The van der Waals surface area contributed by atoms with Crippen molar-refractivity contribution in [2.24, 2.45) is 5.92 Å². The van der Waals surface area contributed by atoms with E-state index in [-0.39, 0.29) is 0 Å². The molecule has 0 radical (unpaired) electrons. The van der Waals surface area contributed by atoms with E-state index in [1.165, 1.54) is 19.4 Å². The molecule has 2 heteroatoms. The Morgan fingerprint density at radius 1 is 1.27 bits per heavy atom. The summed E-state index contributed by atoms with van der Waals surface area (Å²) in [7, 11) is 2.00. The average molecular weight is 158 g/mol.